The minimum absolute atomic E-state index is 0.359. The summed E-state index contributed by atoms with van der Waals surface area (Å²) in [5.41, 5.74) is 1.20. The largest absolute Gasteiger partial charge is 0.381 e. The minimum atomic E-state index is 0.359. The molecule has 0 spiro atoms. The highest BCUT2D eigenvalue weighted by molar-refractivity contribution is 6.31. The molecular formula is C16H22ClNO2. The van der Waals surface area contributed by atoms with Crippen molar-refractivity contribution in [2.45, 2.75) is 44.1 Å². The molecule has 0 N–H and O–H groups in total. The molecule has 0 amide bonds. The van der Waals surface area contributed by atoms with Crippen LogP contribution in [0.15, 0.2) is 24.3 Å². The fourth-order valence-electron chi connectivity index (χ4n) is 3.40. The van der Waals surface area contributed by atoms with E-state index in [4.69, 9.17) is 21.1 Å². The van der Waals surface area contributed by atoms with Gasteiger partial charge in [-0.2, -0.15) is 0 Å². The van der Waals surface area contributed by atoms with Crippen LogP contribution in [0.2, 0.25) is 5.02 Å². The van der Waals surface area contributed by atoms with Crippen LogP contribution in [0.1, 0.15) is 24.8 Å². The van der Waals surface area contributed by atoms with Crippen molar-refractivity contribution in [1.29, 1.82) is 0 Å². The van der Waals surface area contributed by atoms with Crippen LogP contribution in [0.25, 0.3) is 0 Å². The highest BCUT2D eigenvalue weighted by atomic mass is 35.5. The Balaban J connectivity index is 1.73. The summed E-state index contributed by atoms with van der Waals surface area (Å²) in [6, 6.07) is 8.57. The van der Waals surface area contributed by atoms with Gasteiger partial charge in [0.1, 0.15) is 0 Å². The fraction of sp³-hybridized carbons (Fsp3) is 0.625. The van der Waals surface area contributed by atoms with Crippen molar-refractivity contribution in [1.82, 2.24) is 4.90 Å². The molecule has 0 aromatic heterocycles. The van der Waals surface area contributed by atoms with Gasteiger partial charge in [0.25, 0.3) is 0 Å². The van der Waals surface area contributed by atoms with Crippen molar-refractivity contribution in [3.63, 3.8) is 0 Å². The van der Waals surface area contributed by atoms with E-state index in [2.05, 4.69) is 17.0 Å². The fourth-order valence-corrected chi connectivity index (χ4v) is 3.60. The first-order valence-electron chi connectivity index (χ1n) is 7.40. The van der Waals surface area contributed by atoms with Gasteiger partial charge in [-0.15, -0.1) is 0 Å². The van der Waals surface area contributed by atoms with E-state index in [9.17, 15) is 0 Å². The highest BCUT2D eigenvalue weighted by Gasteiger charge is 2.37. The third-order valence-corrected chi connectivity index (χ3v) is 4.92. The van der Waals surface area contributed by atoms with Gasteiger partial charge in [0.15, 0.2) is 0 Å². The van der Waals surface area contributed by atoms with E-state index in [1.54, 1.807) is 0 Å². The molecule has 2 fully saturated rings. The number of methoxy groups -OCH3 is 1. The lowest BCUT2D eigenvalue weighted by molar-refractivity contribution is -0.116. The average Bonchev–Trinajstić information content (AvgIpc) is 2.49. The second-order valence-electron chi connectivity index (χ2n) is 5.71. The molecule has 0 radical (unpaired) electrons. The Morgan fingerprint density at radius 2 is 2.20 bits per heavy atom. The van der Waals surface area contributed by atoms with Crippen LogP contribution in [-0.4, -0.2) is 43.4 Å². The zero-order valence-corrected chi connectivity index (χ0v) is 12.7. The molecule has 3 nitrogen and oxygen atoms in total. The third kappa shape index (κ3) is 3.01. The molecule has 20 heavy (non-hydrogen) atoms. The summed E-state index contributed by atoms with van der Waals surface area (Å²) in [7, 11) is 1.81. The number of rotatable bonds is 3. The molecule has 3 rings (SSSR count). The van der Waals surface area contributed by atoms with Crippen molar-refractivity contribution in [2.24, 2.45) is 0 Å². The van der Waals surface area contributed by atoms with E-state index in [-0.39, 0.29) is 0 Å². The maximum Gasteiger partial charge on any atom is 0.0732 e. The molecular weight excluding hydrogens is 274 g/mol. The molecule has 1 aromatic carbocycles. The van der Waals surface area contributed by atoms with Crippen LogP contribution in [0, 0.1) is 0 Å². The van der Waals surface area contributed by atoms with Crippen molar-refractivity contribution in [3.8, 4) is 0 Å². The lowest BCUT2D eigenvalue weighted by Crippen LogP contribution is -2.54. The summed E-state index contributed by atoms with van der Waals surface area (Å²) in [6.45, 7) is 2.70. The lowest BCUT2D eigenvalue weighted by Gasteiger charge is -2.45. The van der Waals surface area contributed by atoms with Crippen LogP contribution < -0.4 is 0 Å². The van der Waals surface area contributed by atoms with Gasteiger partial charge in [-0.05, 0) is 30.9 Å². The number of hydrogen-bond acceptors (Lipinski definition) is 3. The maximum absolute atomic E-state index is 6.29. The predicted molar refractivity (Wildman–Crippen MR) is 80.0 cm³/mol. The Morgan fingerprint density at radius 1 is 1.35 bits per heavy atom. The Kier molecular flexibility index (Phi) is 4.61. The normalized spacial score (nSPS) is 31.0. The molecule has 3 unspecified atom stereocenters. The van der Waals surface area contributed by atoms with E-state index in [0.29, 0.717) is 18.2 Å². The summed E-state index contributed by atoms with van der Waals surface area (Å²) < 4.78 is 11.5. The minimum Gasteiger partial charge on any atom is -0.381 e. The molecule has 1 aromatic rings. The van der Waals surface area contributed by atoms with E-state index < -0.39 is 0 Å². The maximum atomic E-state index is 6.29. The molecule has 4 heteroatoms. The molecule has 2 aliphatic rings. The summed E-state index contributed by atoms with van der Waals surface area (Å²) in [6.07, 6.45) is 4.00. The predicted octanol–water partition coefficient (Wildman–Crippen LogP) is 3.11. The molecule has 0 bridgehead atoms. The smallest absolute Gasteiger partial charge is 0.0732 e. The Morgan fingerprint density at radius 3 is 3.00 bits per heavy atom. The zero-order valence-electron chi connectivity index (χ0n) is 11.9. The second-order valence-corrected chi connectivity index (χ2v) is 6.12. The molecule has 1 heterocycles. The zero-order chi connectivity index (χ0) is 13.9. The third-order valence-electron chi connectivity index (χ3n) is 4.55. The first-order valence-corrected chi connectivity index (χ1v) is 7.77. The van der Waals surface area contributed by atoms with Gasteiger partial charge in [-0.1, -0.05) is 29.8 Å². The summed E-state index contributed by atoms with van der Waals surface area (Å²) in [5, 5.41) is 0.856. The van der Waals surface area contributed by atoms with Crippen LogP contribution >= 0.6 is 11.6 Å². The molecule has 3 atom stereocenters. The van der Waals surface area contributed by atoms with Crippen LogP contribution in [-0.2, 0) is 16.0 Å². The Hall–Kier alpha value is -0.610. The number of nitrogens with zero attached hydrogens (tertiary/aromatic N) is 1. The van der Waals surface area contributed by atoms with Gasteiger partial charge >= 0.3 is 0 Å². The van der Waals surface area contributed by atoms with Crippen molar-refractivity contribution in [3.05, 3.63) is 34.9 Å². The monoisotopic (exact) mass is 295 g/mol. The van der Waals surface area contributed by atoms with E-state index >= 15 is 0 Å². The first-order chi connectivity index (χ1) is 9.78. The Bertz CT molecular complexity index is 454. The van der Waals surface area contributed by atoms with Gasteiger partial charge in [0, 0.05) is 31.3 Å². The molecule has 1 aliphatic heterocycles. The quantitative estimate of drug-likeness (QED) is 0.855. The van der Waals surface area contributed by atoms with E-state index in [1.807, 2.05) is 19.2 Å². The Labute approximate surface area is 125 Å². The molecule has 110 valence electrons. The van der Waals surface area contributed by atoms with Gasteiger partial charge < -0.3 is 9.47 Å². The van der Waals surface area contributed by atoms with Crippen molar-refractivity contribution >= 4 is 11.6 Å². The van der Waals surface area contributed by atoms with Gasteiger partial charge in [-0.25, -0.2) is 0 Å². The van der Waals surface area contributed by atoms with Crippen molar-refractivity contribution in [2.75, 3.05) is 20.3 Å². The second kappa shape index (κ2) is 6.44. The van der Waals surface area contributed by atoms with Gasteiger partial charge in [0.2, 0.25) is 0 Å². The number of fused-ring (bicyclic) bond motifs is 1. The van der Waals surface area contributed by atoms with E-state index in [0.717, 1.165) is 44.0 Å². The van der Waals surface area contributed by atoms with Gasteiger partial charge in [0.05, 0.1) is 18.8 Å². The number of benzene rings is 1. The number of hydrogen-bond donors (Lipinski definition) is 0. The van der Waals surface area contributed by atoms with E-state index in [1.165, 1.54) is 5.56 Å². The highest BCUT2D eigenvalue weighted by Crippen LogP contribution is 2.31. The first kappa shape index (κ1) is 14.3. The summed E-state index contributed by atoms with van der Waals surface area (Å²) >= 11 is 6.29. The van der Waals surface area contributed by atoms with Crippen LogP contribution in [0.5, 0.6) is 0 Å². The average molecular weight is 296 g/mol. The topological polar surface area (TPSA) is 21.7 Å². The van der Waals surface area contributed by atoms with Gasteiger partial charge in [-0.3, -0.25) is 4.90 Å². The standard InChI is InChI=1S/C16H22ClNO2/c1-19-13-6-7-16-15(10-13)18(8-9-20-16)11-12-4-2-3-5-14(12)17/h2-5,13,15-16H,6-11H2,1H3. The molecule has 1 aliphatic carbocycles. The van der Waals surface area contributed by atoms with Crippen molar-refractivity contribution < 1.29 is 9.47 Å². The summed E-state index contributed by atoms with van der Waals surface area (Å²) in [5.74, 6) is 0. The SMILES string of the molecule is COC1CCC2OCCN(Cc3ccccc3Cl)C2C1. The van der Waals surface area contributed by atoms with Crippen LogP contribution in [0.3, 0.4) is 0 Å². The molecule has 1 saturated heterocycles. The molecule has 1 saturated carbocycles. The number of halogens is 1. The summed E-state index contributed by atoms with van der Waals surface area (Å²) in [4.78, 5) is 2.51. The lowest BCUT2D eigenvalue weighted by atomic mass is 9.87. The number of ether oxygens (including phenoxy) is 2. The number of morpholine rings is 1. The van der Waals surface area contributed by atoms with Crippen LogP contribution in [0.4, 0.5) is 0 Å².